The highest BCUT2D eigenvalue weighted by Crippen LogP contribution is 2.25. The fourth-order valence-corrected chi connectivity index (χ4v) is 10.6. The van der Waals surface area contributed by atoms with E-state index in [2.05, 4.69) is 34.6 Å². The molecule has 0 aromatic rings. The first-order valence-electron chi connectivity index (χ1n) is 23.6. The fraction of sp³-hybridized carbons (Fsp3) is 1.00. The van der Waals surface area contributed by atoms with E-state index in [1.807, 2.05) is 0 Å². The minimum Gasteiger partial charge on any atom is -0.373 e. The predicted molar refractivity (Wildman–Crippen MR) is 235 cm³/mol. The number of rotatable bonds is 44. The van der Waals surface area contributed by atoms with E-state index in [9.17, 15) is 0 Å². The zero-order valence-corrected chi connectivity index (χ0v) is 37.8. The van der Waals surface area contributed by atoms with Crippen molar-refractivity contribution in [1.29, 1.82) is 0 Å². The molecule has 2 atom stereocenters. The molecule has 0 heterocycles. The minimum absolute atomic E-state index is 0.410. The Bertz CT molecular complexity index is 650. The molecule has 0 aliphatic heterocycles. The van der Waals surface area contributed by atoms with Gasteiger partial charge in [-0.05, 0) is 31.6 Å². The van der Waals surface area contributed by atoms with Gasteiger partial charge in [0.2, 0.25) is 0 Å². The lowest BCUT2D eigenvalue weighted by Crippen LogP contribution is -2.48. The van der Waals surface area contributed by atoms with Crippen LogP contribution >= 0.6 is 12.6 Å². The average molecular weight is 757 g/mol. The van der Waals surface area contributed by atoms with Gasteiger partial charge in [0.25, 0.3) is 0 Å². The summed E-state index contributed by atoms with van der Waals surface area (Å²) < 4.78 is 20.3. The normalized spacial score (nSPS) is 13.7. The Morgan fingerprint density at radius 2 is 0.627 bits per heavy atom. The molecule has 0 saturated heterocycles. The molecule has 0 fully saturated rings. The van der Waals surface area contributed by atoms with Crippen molar-refractivity contribution in [3.63, 3.8) is 0 Å². The van der Waals surface area contributed by atoms with Crippen molar-refractivity contribution in [3.8, 4) is 0 Å². The molecule has 3 nitrogen and oxygen atoms in total. The van der Waals surface area contributed by atoms with Crippen molar-refractivity contribution in [2.75, 3.05) is 19.8 Å². The summed E-state index contributed by atoms with van der Waals surface area (Å²) in [4.78, 5) is 0. The molecular weight excluding hydrogens is 661 g/mol. The van der Waals surface area contributed by atoms with Gasteiger partial charge in [-0.2, -0.15) is 12.6 Å². The van der Waals surface area contributed by atoms with Gasteiger partial charge in [0.05, 0.1) is 0 Å². The van der Waals surface area contributed by atoms with E-state index < -0.39 is 8.80 Å². The van der Waals surface area contributed by atoms with Crippen LogP contribution in [0, 0.1) is 5.92 Å². The molecule has 0 N–H and O–H groups in total. The largest absolute Gasteiger partial charge is 0.501 e. The lowest BCUT2D eigenvalue weighted by molar-refractivity contribution is 0.0527. The second-order valence-electron chi connectivity index (χ2n) is 16.7. The molecule has 0 aromatic heterocycles. The van der Waals surface area contributed by atoms with Gasteiger partial charge in [0.1, 0.15) is 0 Å². The second-order valence-corrected chi connectivity index (χ2v) is 20.0. The van der Waals surface area contributed by atoms with E-state index >= 15 is 0 Å². The minimum atomic E-state index is -2.72. The Labute approximate surface area is 329 Å². The van der Waals surface area contributed by atoms with Crippen molar-refractivity contribution >= 4 is 21.4 Å². The van der Waals surface area contributed by atoms with E-state index in [0.29, 0.717) is 11.2 Å². The molecule has 0 saturated carbocycles. The first-order valence-corrected chi connectivity index (χ1v) is 26.0. The summed E-state index contributed by atoms with van der Waals surface area (Å²) in [6.07, 6.45) is 47.4. The Balaban J connectivity index is 4.55. The Morgan fingerprint density at radius 3 is 0.941 bits per heavy atom. The molecular formula is C46H96O3SSi. The third kappa shape index (κ3) is 38.5. The second kappa shape index (κ2) is 41.6. The van der Waals surface area contributed by atoms with Crippen LogP contribution in [0.4, 0.5) is 0 Å². The maximum atomic E-state index is 6.76. The molecule has 0 aliphatic rings. The highest BCUT2D eigenvalue weighted by atomic mass is 32.1. The smallest absolute Gasteiger partial charge is 0.373 e. The Hall–Kier alpha value is 0.447. The summed E-state index contributed by atoms with van der Waals surface area (Å²) in [6.45, 7) is 13.8. The third-order valence-electron chi connectivity index (χ3n) is 10.7. The van der Waals surface area contributed by atoms with Gasteiger partial charge in [0, 0.05) is 31.1 Å². The molecule has 0 amide bonds. The number of thiol groups is 1. The molecule has 0 aromatic carbocycles. The van der Waals surface area contributed by atoms with Crippen LogP contribution in [-0.4, -0.2) is 33.9 Å². The van der Waals surface area contributed by atoms with Crippen LogP contribution in [0.5, 0.6) is 0 Å². The molecule has 2 unspecified atom stereocenters. The topological polar surface area (TPSA) is 27.7 Å². The summed E-state index contributed by atoms with van der Waals surface area (Å²) in [6, 6.07) is 0.929. The summed E-state index contributed by atoms with van der Waals surface area (Å²) in [5.74, 6) is 0.509. The van der Waals surface area contributed by atoms with Crippen molar-refractivity contribution in [2.24, 2.45) is 5.92 Å². The van der Waals surface area contributed by atoms with Crippen molar-refractivity contribution in [3.05, 3.63) is 0 Å². The average Bonchev–Trinajstić information content (AvgIpc) is 3.11. The monoisotopic (exact) mass is 757 g/mol. The van der Waals surface area contributed by atoms with Gasteiger partial charge >= 0.3 is 8.80 Å². The molecule has 308 valence electrons. The SMILES string of the molecule is CCCCCCCCCCCCCCCCO[Si](CC(C)C)(OCCCCCCCCCCCC)OCCC(S)CCCCCCCCCCC. The molecule has 0 rings (SSSR count). The van der Waals surface area contributed by atoms with E-state index in [-0.39, 0.29) is 0 Å². The fourth-order valence-electron chi connectivity index (χ4n) is 7.33. The third-order valence-corrected chi connectivity index (χ3v) is 14.5. The van der Waals surface area contributed by atoms with Gasteiger partial charge in [-0.1, -0.05) is 234 Å². The van der Waals surface area contributed by atoms with Crippen molar-refractivity contribution in [2.45, 2.75) is 271 Å². The van der Waals surface area contributed by atoms with E-state index in [1.54, 1.807) is 0 Å². The van der Waals surface area contributed by atoms with Gasteiger partial charge in [-0.3, -0.25) is 0 Å². The maximum absolute atomic E-state index is 6.76. The zero-order chi connectivity index (χ0) is 37.4. The summed E-state index contributed by atoms with van der Waals surface area (Å²) in [5.41, 5.74) is 0. The number of hydrogen-bond acceptors (Lipinski definition) is 4. The molecule has 51 heavy (non-hydrogen) atoms. The van der Waals surface area contributed by atoms with Crippen LogP contribution in [0.1, 0.15) is 259 Å². The van der Waals surface area contributed by atoms with E-state index in [1.165, 1.54) is 205 Å². The highest BCUT2D eigenvalue weighted by molar-refractivity contribution is 7.80. The predicted octanol–water partition coefficient (Wildman–Crippen LogP) is 16.6. The van der Waals surface area contributed by atoms with Crippen LogP contribution in [0.25, 0.3) is 0 Å². The van der Waals surface area contributed by atoms with E-state index in [0.717, 1.165) is 45.1 Å². The van der Waals surface area contributed by atoms with Gasteiger partial charge < -0.3 is 13.3 Å². The molecule has 0 bridgehead atoms. The molecule has 0 aliphatic carbocycles. The molecule has 0 radical (unpaired) electrons. The zero-order valence-electron chi connectivity index (χ0n) is 35.9. The first-order chi connectivity index (χ1) is 25.0. The lowest BCUT2D eigenvalue weighted by Gasteiger charge is -2.31. The summed E-state index contributed by atoms with van der Waals surface area (Å²) in [5, 5.41) is 0.410. The van der Waals surface area contributed by atoms with Crippen molar-refractivity contribution in [1.82, 2.24) is 0 Å². The van der Waals surface area contributed by atoms with Crippen LogP contribution < -0.4 is 0 Å². The van der Waals surface area contributed by atoms with Crippen LogP contribution in [0.3, 0.4) is 0 Å². The highest BCUT2D eigenvalue weighted by Gasteiger charge is 2.42. The Morgan fingerprint density at radius 1 is 0.353 bits per heavy atom. The van der Waals surface area contributed by atoms with Crippen LogP contribution in [0.2, 0.25) is 6.04 Å². The van der Waals surface area contributed by atoms with Crippen LogP contribution in [0.15, 0.2) is 0 Å². The lowest BCUT2D eigenvalue weighted by atomic mass is 10.0. The Kier molecular flexibility index (Phi) is 42.0. The van der Waals surface area contributed by atoms with Crippen LogP contribution in [-0.2, 0) is 13.3 Å². The van der Waals surface area contributed by atoms with Gasteiger partial charge in [-0.25, -0.2) is 0 Å². The van der Waals surface area contributed by atoms with Gasteiger partial charge in [0.15, 0.2) is 0 Å². The van der Waals surface area contributed by atoms with Crippen molar-refractivity contribution < 1.29 is 13.3 Å². The summed E-state index contributed by atoms with van der Waals surface area (Å²) in [7, 11) is -2.72. The summed E-state index contributed by atoms with van der Waals surface area (Å²) >= 11 is 4.98. The van der Waals surface area contributed by atoms with Gasteiger partial charge in [-0.15, -0.1) is 0 Å². The number of hydrogen-bond donors (Lipinski definition) is 1. The maximum Gasteiger partial charge on any atom is 0.501 e. The molecule has 5 heteroatoms. The standard InChI is InChI=1S/C46H96O3SSi/c1-6-9-12-15-18-21-23-24-25-26-29-32-35-38-42-48-51(44-45(4)5,47-41-37-34-31-28-22-19-16-13-10-7-2)49-43-40-46(50)39-36-33-30-27-20-17-14-11-8-3/h45-46,50H,6-44H2,1-5H3. The molecule has 0 spiro atoms. The van der Waals surface area contributed by atoms with E-state index in [4.69, 9.17) is 25.9 Å². The quantitative estimate of drug-likeness (QED) is 0.0381. The first kappa shape index (κ1) is 51.4. The number of unbranched alkanes of at least 4 members (excludes halogenated alkanes) is 30.